The van der Waals surface area contributed by atoms with Gasteiger partial charge in [0.05, 0.1) is 19.3 Å². The molecule has 0 aliphatic rings. The number of hydrogen-bond donors (Lipinski definition) is 1. The summed E-state index contributed by atoms with van der Waals surface area (Å²) >= 11 is 0. The normalized spacial score (nSPS) is 10.3. The van der Waals surface area contributed by atoms with Gasteiger partial charge in [-0.3, -0.25) is 4.79 Å². The molecule has 0 fully saturated rings. The maximum atomic E-state index is 11.2. The van der Waals surface area contributed by atoms with Gasteiger partial charge >= 0.3 is 0 Å². The molecule has 2 aromatic rings. The fourth-order valence-corrected chi connectivity index (χ4v) is 1.87. The second-order valence-corrected chi connectivity index (χ2v) is 4.25. The van der Waals surface area contributed by atoms with Gasteiger partial charge in [-0.15, -0.1) is 0 Å². The highest BCUT2D eigenvalue weighted by molar-refractivity contribution is 5.38. The predicted octanol–water partition coefficient (Wildman–Crippen LogP) is 1.80. The number of aryl methyl sites for hydroxylation is 1. The first kappa shape index (κ1) is 12.2. The number of methoxy groups -OCH3 is 1. The fraction of sp³-hybridized carbons (Fsp3) is 0.214. The van der Waals surface area contributed by atoms with Crippen LogP contribution in [-0.2, 0) is 6.54 Å². The highest BCUT2D eigenvalue weighted by Crippen LogP contribution is 2.20. The lowest BCUT2D eigenvalue weighted by molar-refractivity contribution is 0.408. The van der Waals surface area contributed by atoms with Crippen LogP contribution in [0.3, 0.4) is 0 Å². The summed E-state index contributed by atoms with van der Waals surface area (Å²) in [5.41, 5.74) is 7.94. The zero-order valence-corrected chi connectivity index (χ0v) is 10.5. The zero-order chi connectivity index (χ0) is 13.1. The third kappa shape index (κ3) is 2.53. The van der Waals surface area contributed by atoms with Crippen molar-refractivity contribution in [1.82, 2.24) is 4.57 Å². The van der Waals surface area contributed by atoms with Gasteiger partial charge in [0.25, 0.3) is 0 Å². The van der Waals surface area contributed by atoms with Gasteiger partial charge in [0.15, 0.2) is 0 Å². The Labute approximate surface area is 106 Å². The molecule has 1 heterocycles. The molecule has 0 radical (unpaired) electrons. The fourth-order valence-electron chi connectivity index (χ4n) is 1.87. The Hall–Kier alpha value is -2.23. The van der Waals surface area contributed by atoms with Gasteiger partial charge in [-0.2, -0.15) is 0 Å². The number of aromatic nitrogens is 1. The minimum Gasteiger partial charge on any atom is -0.496 e. The van der Waals surface area contributed by atoms with E-state index in [0.717, 1.165) is 11.3 Å². The van der Waals surface area contributed by atoms with Crippen LogP contribution in [0, 0.1) is 6.92 Å². The van der Waals surface area contributed by atoms with Crippen molar-refractivity contribution in [3.8, 4) is 5.75 Å². The summed E-state index contributed by atoms with van der Waals surface area (Å²) in [5.74, 6) is 0.831. The van der Waals surface area contributed by atoms with Crippen molar-refractivity contribution in [3.05, 3.63) is 58.0 Å². The van der Waals surface area contributed by atoms with E-state index in [1.165, 1.54) is 11.6 Å². The number of ether oxygens (including phenoxy) is 1. The molecule has 0 atom stereocenters. The SMILES string of the molecule is COc1ccc(C)cc1Cn1ccc(=O)c(N)c1. The smallest absolute Gasteiger partial charge is 0.204 e. The van der Waals surface area contributed by atoms with Crippen molar-refractivity contribution in [1.29, 1.82) is 0 Å². The molecule has 4 heteroatoms. The number of benzene rings is 1. The molecule has 2 rings (SSSR count). The average Bonchev–Trinajstić information content (AvgIpc) is 2.34. The predicted molar refractivity (Wildman–Crippen MR) is 71.9 cm³/mol. The summed E-state index contributed by atoms with van der Waals surface area (Å²) in [6.45, 7) is 2.65. The molecule has 1 aromatic carbocycles. The molecule has 0 unspecified atom stereocenters. The summed E-state index contributed by atoms with van der Waals surface area (Å²) in [6, 6.07) is 7.48. The lowest BCUT2D eigenvalue weighted by atomic mass is 10.1. The van der Waals surface area contributed by atoms with E-state index in [0.29, 0.717) is 6.54 Å². The topological polar surface area (TPSA) is 57.2 Å². The van der Waals surface area contributed by atoms with Crippen LogP contribution in [0.2, 0.25) is 0 Å². The van der Waals surface area contributed by atoms with E-state index in [2.05, 4.69) is 6.07 Å². The number of nitrogens with two attached hydrogens (primary N) is 1. The van der Waals surface area contributed by atoms with Crippen LogP contribution in [0.5, 0.6) is 5.75 Å². The minimum atomic E-state index is -0.151. The van der Waals surface area contributed by atoms with E-state index in [4.69, 9.17) is 10.5 Å². The molecule has 0 aliphatic heterocycles. The van der Waals surface area contributed by atoms with Crippen LogP contribution < -0.4 is 15.9 Å². The number of hydrogen-bond acceptors (Lipinski definition) is 3. The first-order valence-electron chi connectivity index (χ1n) is 5.69. The van der Waals surface area contributed by atoms with Gasteiger partial charge in [0.1, 0.15) is 5.75 Å². The van der Waals surface area contributed by atoms with Crippen molar-refractivity contribution < 1.29 is 4.74 Å². The molecule has 18 heavy (non-hydrogen) atoms. The van der Waals surface area contributed by atoms with Crippen molar-refractivity contribution in [3.63, 3.8) is 0 Å². The second-order valence-electron chi connectivity index (χ2n) is 4.25. The number of anilines is 1. The van der Waals surface area contributed by atoms with Crippen LogP contribution >= 0.6 is 0 Å². The molecular formula is C14H16N2O2. The number of pyridine rings is 1. The third-order valence-corrected chi connectivity index (χ3v) is 2.80. The van der Waals surface area contributed by atoms with Gasteiger partial charge < -0.3 is 15.0 Å². The molecule has 94 valence electrons. The molecule has 2 N–H and O–H groups in total. The molecule has 0 spiro atoms. The molecule has 4 nitrogen and oxygen atoms in total. The summed E-state index contributed by atoms with van der Waals surface area (Å²) in [6.07, 6.45) is 3.37. The average molecular weight is 244 g/mol. The van der Waals surface area contributed by atoms with E-state index in [9.17, 15) is 4.79 Å². The van der Waals surface area contributed by atoms with E-state index in [-0.39, 0.29) is 11.1 Å². The van der Waals surface area contributed by atoms with Gasteiger partial charge in [0, 0.05) is 24.0 Å². The largest absolute Gasteiger partial charge is 0.496 e. The molecule has 0 aliphatic carbocycles. The van der Waals surface area contributed by atoms with E-state index < -0.39 is 0 Å². The van der Waals surface area contributed by atoms with Crippen LogP contribution in [0.1, 0.15) is 11.1 Å². The number of nitrogens with zero attached hydrogens (tertiary/aromatic N) is 1. The molecule has 0 saturated carbocycles. The highest BCUT2D eigenvalue weighted by Gasteiger charge is 2.04. The van der Waals surface area contributed by atoms with E-state index >= 15 is 0 Å². The van der Waals surface area contributed by atoms with Crippen LogP contribution in [0.25, 0.3) is 0 Å². The Kier molecular flexibility index (Phi) is 3.37. The van der Waals surface area contributed by atoms with Crippen molar-refractivity contribution in [2.24, 2.45) is 0 Å². The number of nitrogen functional groups attached to an aromatic ring is 1. The third-order valence-electron chi connectivity index (χ3n) is 2.80. The monoisotopic (exact) mass is 244 g/mol. The Morgan fingerprint density at radius 2 is 2.11 bits per heavy atom. The summed E-state index contributed by atoms with van der Waals surface area (Å²) in [7, 11) is 1.65. The van der Waals surface area contributed by atoms with Crippen molar-refractivity contribution in [2.75, 3.05) is 12.8 Å². The molecule has 0 saturated heterocycles. The lowest BCUT2D eigenvalue weighted by Gasteiger charge is -2.12. The molecule has 1 aromatic heterocycles. The summed E-state index contributed by atoms with van der Waals surface area (Å²) in [5, 5.41) is 0. The molecular weight excluding hydrogens is 228 g/mol. The van der Waals surface area contributed by atoms with Crippen LogP contribution in [0.15, 0.2) is 41.5 Å². The maximum Gasteiger partial charge on any atom is 0.204 e. The summed E-state index contributed by atoms with van der Waals surface area (Å²) < 4.78 is 7.19. The van der Waals surface area contributed by atoms with Crippen LogP contribution in [0.4, 0.5) is 5.69 Å². The Balaban J connectivity index is 2.35. The molecule has 0 amide bonds. The summed E-state index contributed by atoms with van der Waals surface area (Å²) in [4.78, 5) is 11.2. The Morgan fingerprint density at radius 1 is 1.33 bits per heavy atom. The van der Waals surface area contributed by atoms with Gasteiger partial charge in [-0.25, -0.2) is 0 Å². The first-order valence-corrected chi connectivity index (χ1v) is 5.69. The highest BCUT2D eigenvalue weighted by atomic mass is 16.5. The number of rotatable bonds is 3. The second kappa shape index (κ2) is 4.96. The maximum absolute atomic E-state index is 11.2. The van der Waals surface area contributed by atoms with Crippen molar-refractivity contribution in [2.45, 2.75) is 13.5 Å². The Morgan fingerprint density at radius 3 is 2.78 bits per heavy atom. The van der Waals surface area contributed by atoms with Gasteiger partial charge in [-0.1, -0.05) is 17.7 Å². The quantitative estimate of drug-likeness (QED) is 0.895. The van der Waals surface area contributed by atoms with Crippen LogP contribution in [-0.4, -0.2) is 11.7 Å². The zero-order valence-electron chi connectivity index (χ0n) is 10.5. The first-order chi connectivity index (χ1) is 8.60. The molecule has 0 bridgehead atoms. The minimum absolute atomic E-state index is 0.151. The van der Waals surface area contributed by atoms with Crippen molar-refractivity contribution >= 4 is 5.69 Å². The van der Waals surface area contributed by atoms with E-state index in [1.54, 1.807) is 19.5 Å². The van der Waals surface area contributed by atoms with Gasteiger partial charge in [-0.05, 0) is 13.0 Å². The van der Waals surface area contributed by atoms with Gasteiger partial charge in [0.2, 0.25) is 5.43 Å². The van der Waals surface area contributed by atoms with E-state index in [1.807, 2.05) is 23.6 Å². The Bertz CT molecular complexity index is 617. The lowest BCUT2D eigenvalue weighted by Crippen LogP contribution is -2.11. The standard InChI is InChI=1S/C14H16N2O2/c1-10-3-4-14(18-2)11(7-10)8-16-6-5-13(17)12(15)9-16/h3-7,9H,8,15H2,1-2H3.